The molecule has 2 N–H and O–H groups in total. The Labute approximate surface area is 98.5 Å². The third-order valence-corrected chi connectivity index (χ3v) is 2.30. The molecule has 1 unspecified atom stereocenters. The number of benzene rings is 1. The molecule has 0 aliphatic rings. The van der Waals surface area contributed by atoms with Gasteiger partial charge in [0.1, 0.15) is 11.9 Å². The maximum Gasteiger partial charge on any atom is 0.326 e. The number of hydrogen-bond donors (Lipinski definition) is 2. The lowest BCUT2D eigenvalue weighted by atomic mass is 10.1. The summed E-state index contributed by atoms with van der Waals surface area (Å²) in [5.41, 5.74) is 0.516. The summed E-state index contributed by atoms with van der Waals surface area (Å²) in [6.07, 6.45) is 0.283. The molecule has 0 radical (unpaired) electrons. The maximum absolute atomic E-state index is 12.8. The molecule has 4 nitrogen and oxygen atoms in total. The fourth-order valence-corrected chi connectivity index (χ4v) is 1.42. The molecule has 0 fully saturated rings. The molecular weight excluding hydrogens is 225 g/mol. The molecule has 92 valence electrons. The summed E-state index contributed by atoms with van der Waals surface area (Å²) in [6.45, 7) is 1.67. The lowest BCUT2D eigenvalue weighted by Gasteiger charge is -2.12. The van der Waals surface area contributed by atoms with Crippen molar-refractivity contribution in [2.45, 2.75) is 25.8 Å². The van der Waals surface area contributed by atoms with E-state index < -0.39 is 23.7 Å². The predicted octanol–water partition coefficient (Wildman–Crippen LogP) is 1.35. The van der Waals surface area contributed by atoms with Gasteiger partial charge in [-0.1, -0.05) is 19.1 Å². The van der Waals surface area contributed by atoms with Gasteiger partial charge in [-0.2, -0.15) is 0 Å². The van der Waals surface area contributed by atoms with E-state index in [1.165, 1.54) is 18.2 Å². The normalized spacial score (nSPS) is 11.9. The molecule has 0 bridgehead atoms. The monoisotopic (exact) mass is 239 g/mol. The van der Waals surface area contributed by atoms with Crippen LogP contribution in [0.3, 0.4) is 0 Å². The van der Waals surface area contributed by atoms with E-state index in [1.807, 2.05) is 0 Å². The maximum atomic E-state index is 12.8. The molecule has 0 heterocycles. The summed E-state index contributed by atoms with van der Waals surface area (Å²) < 4.78 is 12.8. The van der Waals surface area contributed by atoms with Gasteiger partial charge in [0.15, 0.2) is 0 Å². The van der Waals surface area contributed by atoms with Gasteiger partial charge in [0.05, 0.1) is 6.42 Å². The van der Waals surface area contributed by atoms with Crippen molar-refractivity contribution < 1.29 is 19.1 Å². The van der Waals surface area contributed by atoms with Crippen LogP contribution in [0, 0.1) is 5.82 Å². The van der Waals surface area contributed by atoms with E-state index in [2.05, 4.69) is 5.32 Å². The van der Waals surface area contributed by atoms with E-state index in [4.69, 9.17) is 5.11 Å². The Morgan fingerprint density at radius 3 is 2.71 bits per heavy atom. The number of carboxylic acid groups (broad SMARTS) is 1. The topological polar surface area (TPSA) is 66.4 Å². The zero-order valence-corrected chi connectivity index (χ0v) is 9.44. The van der Waals surface area contributed by atoms with Crippen molar-refractivity contribution in [2.24, 2.45) is 0 Å². The largest absolute Gasteiger partial charge is 0.480 e. The van der Waals surface area contributed by atoms with E-state index >= 15 is 0 Å². The van der Waals surface area contributed by atoms with Gasteiger partial charge in [0, 0.05) is 0 Å². The van der Waals surface area contributed by atoms with Crippen LogP contribution in [0.4, 0.5) is 4.39 Å². The molecule has 1 amide bonds. The van der Waals surface area contributed by atoms with Crippen molar-refractivity contribution in [3.8, 4) is 0 Å². The fraction of sp³-hybridized carbons (Fsp3) is 0.333. The Balaban J connectivity index is 2.58. The summed E-state index contributed by atoms with van der Waals surface area (Å²) in [4.78, 5) is 22.2. The highest BCUT2D eigenvalue weighted by Gasteiger charge is 2.17. The van der Waals surface area contributed by atoms with Crippen molar-refractivity contribution in [3.63, 3.8) is 0 Å². The van der Waals surface area contributed by atoms with Crippen molar-refractivity contribution in [2.75, 3.05) is 0 Å². The number of halogens is 1. The van der Waals surface area contributed by atoms with Crippen LogP contribution in [-0.4, -0.2) is 23.0 Å². The Bertz CT molecular complexity index is 420. The molecule has 5 heteroatoms. The first kappa shape index (κ1) is 13.2. The first-order chi connectivity index (χ1) is 8.02. The Hall–Kier alpha value is -1.91. The van der Waals surface area contributed by atoms with Crippen LogP contribution in [-0.2, 0) is 16.0 Å². The van der Waals surface area contributed by atoms with Crippen LogP contribution in [0.15, 0.2) is 24.3 Å². The molecule has 1 atom stereocenters. The Kier molecular flexibility index (Phi) is 4.63. The van der Waals surface area contributed by atoms with Crippen molar-refractivity contribution in [1.29, 1.82) is 0 Å². The van der Waals surface area contributed by atoms with Crippen LogP contribution in [0.25, 0.3) is 0 Å². The quantitative estimate of drug-likeness (QED) is 0.815. The first-order valence-corrected chi connectivity index (χ1v) is 5.29. The minimum absolute atomic E-state index is 0.0263. The highest BCUT2D eigenvalue weighted by atomic mass is 19.1. The van der Waals surface area contributed by atoms with Gasteiger partial charge >= 0.3 is 5.97 Å². The van der Waals surface area contributed by atoms with Gasteiger partial charge < -0.3 is 10.4 Å². The van der Waals surface area contributed by atoms with Crippen LogP contribution < -0.4 is 5.32 Å². The highest BCUT2D eigenvalue weighted by molar-refractivity contribution is 5.84. The smallest absolute Gasteiger partial charge is 0.326 e. The second-order valence-electron chi connectivity index (χ2n) is 3.67. The van der Waals surface area contributed by atoms with Crippen molar-refractivity contribution in [1.82, 2.24) is 5.32 Å². The van der Waals surface area contributed by atoms with E-state index in [9.17, 15) is 14.0 Å². The number of hydrogen-bond acceptors (Lipinski definition) is 2. The minimum atomic E-state index is -1.07. The molecule has 0 aliphatic heterocycles. The second kappa shape index (κ2) is 5.98. The molecule has 0 spiro atoms. The summed E-state index contributed by atoms with van der Waals surface area (Å²) in [5, 5.41) is 11.1. The molecule has 0 saturated heterocycles. The average Bonchev–Trinajstić information content (AvgIpc) is 2.25. The van der Waals surface area contributed by atoms with Gasteiger partial charge in [-0.05, 0) is 24.1 Å². The van der Waals surface area contributed by atoms with Gasteiger partial charge in [-0.15, -0.1) is 0 Å². The van der Waals surface area contributed by atoms with Crippen LogP contribution in [0.5, 0.6) is 0 Å². The number of carboxylic acids is 1. The van der Waals surface area contributed by atoms with Crippen LogP contribution in [0.2, 0.25) is 0 Å². The Morgan fingerprint density at radius 1 is 1.47 bits per heavy atom. The third-order valence-electron chi connectivity index (χ3n) is 2.30. The molecular formula is C12H14FNO3. The lowest BCUT2D eigenvalue weighted by Crippen LogP contribution is -2.40. The summed E-state index contributed by atoms with van der Waals surface area (Å²) >= 11 is 0. The molecule has 0 aliphatic carbocycles. The molecule has 17 heavy (non-hydrogen) atoms. The fourth-order valence-electron chi connectivity index (χ4n) is 1.42. The zero-order valence-electron chi connectivity index (χ0n) is 9.44. The standard InChI is InChI=1S/C12H14FNO3/c1-2-10(12(16)17)14-11(15)7-8-4-3-5-9(13)6-8/h3-6,10H,2,7H2,1H3,(H,14,15)(H,16,17). The van der Waals surface area contributed by atoms with Gasteiger partial charge in [0.2, 0.25) is 5.91 Å². The van der Waals surface area contributed by atoms with E-state index in [0.717, 1.165) is 0 Å². The van der Waals surface area contributed by atoms with Crippen LogP contribution >= 0.6 is 0 Å². The number of aliphatic carboxylic acids is 1. The van der Waals surface area contributed by atoms with Gasteiger partial charge in [-0.25, -0.2) is 9.18 Å². The lowest BCUT2D eigenvalue weighted by molar-refractivity contribution is -0.141. The molecule has 0 saturated carbocycles. The van der Waals surface area contributed by atoms with E-state index in [-0.39, 0.29) is 6.42 Å². The number of rotatable bonds is 5. The van der Waals surface area contributed by atoms with Crippen molar-refractivity contribution >= 4 is 11.9 Å². The SMILES string of the molecule is CCC(NC(=O)Cc1cccc(F)c1)C(=O)O. The van der Waals surface area contributed by atoms with E-state index in [0.29, 0.717) is 12.0 Å². The molecule has 1 aromatic carbocycles. The Morgan fingerprint density at radius 2 is 2.18 bits per heavy atom. The highest BCUT2D eigenvalue weighted by Crippen LogP contribution is 2.04. The molecule has 1 aromatic rings. The van der Waals surface area contributed by atoms with Gasteiger partial charge in [0.25, 0.3) is 0 Å². The average molecular weight is 239 g/mol. The summed E-state index contributed by atoms with van der Waals surface area (Å²) in [7, 11) is 0. The van der Waals surface area contributed by atoms with Crippen LogP contribution in [0.1, 0.15) is 18.9 Å². The minimum Gasteiger partial charge on any atom is -0.480 e. The van der Waals surface area contributed by atoms with Gasteiger partial charge in [-0.3, -0.25) is 4.79 Å². The molecule has 1 rings (SSSR count). The number of nitrogens with one attached hydrogen (secondary N) is 1. The summed E-state index contributed by atoms with van der Waals surface area (Å²) in [5.74, 6) is -1.91. The first-order valence-electron chi connectivity index (χ1n) is 5.29. The number of carbonyl (C=O) groups is 2. The van der Waals surface area contributed by atoms with E-state index in [1.54, 1.807) is 13.0 Å². The van der Waals surface area contributed by atoms with Crippen molar-refractivity contribution in [3.05, 3.63) is 35.6 Å². The zero-order chi connectivity index (χ0) is 12.8. The number of carbonyl (C=O) groups excluding carboxylic acids is 1. The third kappa shape index (κ3) is 4.22. The second-order valence-corrected chi connectivity index (χ2v) is 3.67. The predicted molar refractivity (Wildman–Crippen MR) is 60.0 cm³/mol. The molecule has 0 aromatic heterocycles. The summed E-state index contributed by atoms with van der Waals surface area (Å²) in [6, 6.07) is 4.77. The number of amides is 1.